The number of nitrogen functional groups attached to an aromatic ring is 1. The second kappa shape index (κ2) is 4.91. The zero-order chi connectivity index (χ0) is 13.2. The van der Waals surface area contributed by atoms with Gasteiger partial charge in [0.1, 0.15) is 5.69 Å². The third-order valence-corrected chi connectivity index (χ3v) is 3.44. The maximum absolute atomic E-state index is 12.1. The fourth-order valence-electron chi connectivity index (χ4n) is 1.97. The molecule has 0 spiro atoms. The first-order valence-electron chi connectivity index (χ1n) is 5.92. The summed E-state index contributed by atoms with van der Waals surface area (Å²) in [6.07, 6.45) is 2.34. The van der Waals surface area contributed by atoms with Crippen LogP contribution in [0.3, 0.4) is 0 Å². The number of hydrazine groups is 1. The highest BCUT2D eigenvalue weighted by atomic mass is 16.5. The van der Waals surface area contributed by atoms with Crippen LogP contribution in [0.25, 0.3) is 0 Å². The maximum Gasteiger partial charge on any atom is 0.270 e. The maximum atomic E-state index is 12.1. The lowest BCUT2D eigenvalue weighted by Gasteiger charge is -2.28. The van der Waals surface area contributed by atoms with Crippen LogP contribution in [0.2, 0.25) is 0 Å². The van der Waals surface area contributed by atoms with Gasteiger partial charge >= 0.3 is 0 Å². The van der Waals surface area contributed by atoms with E-state index in [-0.39, 0.29) is 17.6 Å². The van der Waals surface area contributed by atoms with Crippen LogP contribution in [0.15, 0.2) is 18.3 Å². The van der Waals surface area contributed by atoms with Crippen molar-refractivity contribution < 1.29 is 9.53 Å². The minimum Gasteiger partial charge on any atom is -0.376 e. The lowest BCUT2D eigenvalue weighted by atomic mass is 9.94. The van der Waals surface area contributed by atoms with Crippen molar-refractivity contribution in [1.82, 2.24) is 10.3 Å². The Kier molecular flexibility index (Phi) is 3.49. The van der Waals surface area contributed by atoms with Gasteiger partial charge in [0.2, 0.25) is 0 Å². The van der Waals surface area contributed by atoms with Crippen molar-refractivity contribution in [2.75, 3.05) is 12.0 Å². The van der Waals surface area contributed by atoms with Crippen molar-refractivity contribution >= 4 is 11.6 Å². The van der Waals surface area contributed by atoms with Crippen LogP contribution in [-0.2, 0) is 4.74 Å². The van der Waals surface area contributed by atoms with Gasteiger partial charge in [0, 0.05) is 12.8 Å². The van der Waals surface area contributed by atoms with E-state index < -0.39 is 0 Å². The quantitative estimate of drug-likeness (QED) is 0.542. The number of hydrogen-bond acceptors (Lipinski definition) is 5. The molecule has 0 aliphatic carbocycles. The van der Waals surface area contributed by atoms with Crippen molar-refractivity contribution in [3.63, 3.8) is 0 Å². The van der Waals surface area contributed by atoms with Crippen LogP contribution in [-0.4, -0.2) is 29.1 Å². The number of nitrogens with one attached hydrogen (secondary N) is 2. The topological polar surface area (TPSA) is 89.3 Å². The summed E-state index contributed by atoms with van der Waals surface area (Å²) in [7, 11) is 0. The molecule has 0 bridgehead atoms. The van der Waals surface area contributed by atoms with Gasteiger partial charge in [-0.15, -0.1) is 0 Å². The van der Waals surface area contributed by atoms with Crippen LogP contribution >= 0.6 is 0 Å². The number of pyridine rings is 1. The molecule has 4 N–H and O–H groups in total. The molecule has 0 radical (unpaired) electrons. The lowest BCUT2D eigenvalue weighted by Crippen LogP contribution is -2.50. The summed E-state index contributed by atoms with van der Waals surface area (Å²) in [5.41, 5.74) is 3.13. The van der Waals surface area contributed by atoms with Crippen LogP contribution in [0.4, 0.5) is 5.69 Å². The molecular formula is C12H18N4O2. The summed E-state index contributed by atoms with van der Waals surface area (Å²) in [5, 5.41) is 2.98. The molecule has 2 rings (SSSR count). The molecule has 2 unspecified atom stereocenters. The molecule has 1 fully saturated rings. The first-order chi connectivity index (χ1) is 8.55. The minimum absolute atomic E-state index is 0.00253. The summed E-state index contributed by atoms with van der Waals surface area (Å²) in [6, 6.07) is 3.30. The fourth-order valence-corrected chi connectivity index (χ4v) is 1.97. The van der Waals surface area contributed by atoms with E-state index in [9.17, 15) is 4.79 Å². The van der Waals surface area contributed by atoms with Gasteiger partial charge in [0.15, 0.2) is 0 Å². The summed E-state index contributed by atoms with van der Waals surface area (Å²) in [4.78, 5) is 16.2. The number of nitrogens with two attached hydrogens (primary N) is 1. The number of ether oxygens (including phenoxy) is 1. The van der Waals surface area contributed by atoms with Crippen LogP contribution in [0.5, 0.6) is 0 Å². The number of carbonyl (C=O) groups excluding carboxylic acids is 1. The number of aromatic nitrogens is 1. The van der Waals surface area contributed by atoms with Gasteiger partial charge in [-0.2, -0.15) is 0 Å². The van der Waals surface area contributed by atoms with E-state index in [4.69, 9.17) is 10.6 Å². The SMILES string of the molecule is CC1OCCC1(C)NC(=O)c1cc(NN)ccn1. The van der Waals surface area contributed by atoms with Gasteiger partial charge in [0.05, 0.1) is 17.3 Å². The molecule has 2 atom stereocenters. The van der Waals surface area contributed by atoms with Gasteiger partial charge in [-0.05, 0) is 32.4 Å². The van der Waals surface area contributed by atoms with E-state index in [0.717, 1.165) is 6.42 Å². The number of carbonyl (C=O) groups is 1. The lowest BCUT2D eigenvalue weighted by molar-refractivity contribution is 0.0724. The highest BCUT2D eigenvalue weighted by molar-refractivity contribution is 5.93. The molecule has 2 heterocycles. The monoisotopic (exact) mass is 250 g/mol. The minimum atomic E-state index is -0.342. The largest absolute Gasteiger partial charge is 0.376 e. The Hall–Kier alpha value is -1.66. The highest BCUT2D eigenvalue weighted by Gasteiger charge is 2.38. The van der Waals surface area contributed by atoms with E-state index in [1.165, 1.54) is 0 Å². The van der Waals surface area contributed by atoms with Crippen molar-refractivity contribution in [2.24, 2.45) is 5.84 Å². The molecular weight excluding hydrogens is 232 g/mol. The van der Waals surface area contributed by atoms with Crippen molar-refractivity contribution in [3.8, 4) is 0 Å². The zero-order valence-corrected chi connectivity index (χ0v) is 10.6. The second-order valence-corrected chi connectivity index (χ2v) is 4.71. The molecule has 6 heteroatoms. The Labute approximate surface area is 106 Å². The van der Waals surface area contributed by atoms with Gasteiger partial charge in [-0.1, -0.05) is 0 Å². The zero-order valence-electron chi connectivity index (χ0n) is 10.6. The van der Waals surface area contributed by atoms with E-state index in [1.807, 2.05) is 13.8 Å². The molecule has 1 amide bonds. The first kappa shape index (κ1) is 12.8. The Morgan fingerprint density at radius 1 is 1.67 bits per heavy atom. The summed E-state index contributed by atoms with van der Waals surface area (Å²) >= 11 is 0. The molecule has 98 valence electrons. The predicted molar refractivity (Wildman–Crippen MR) is 67.9 cm³/mol. The standard InChI is InChI=1S/C12H18N4O2/c1-8-12(2,4-6-18-8)15-11(17)10-7-9(16-13)3-5-14-10/h3,5,7-8H,4,6,13H2,1-2H3,(H,14,16)(H,15,17). The second-order valence-electron chi connectivity index (χ2n) is 4.71. The Balaban J connectivity index is 2.12. The van der Waals surface area contributed by atoms with Crippen LogP contribution < -0.4 is 16.6 Å². The Morgan fingerprint density at radius 3 is 3.06 bits per heavy atom. The number of anilines is 1. The molecule has 1 aliphatic rings. The van der Waals surface area contributed by atoms with Gasteiger partial charge in [-0.25, -0.2) is 0 Å². The van der Waals surface area contributed by atoms with Crippen molar-refractivity contribution in [2.45, 2.75) is 31.9 Å². The van der Waals surface area contributed by atoms with E-state index in [2.05, 4.69) is 15.7 Å². The predicted octanol–water partition coefficient (Wildman–Crippen LogP) is 0.664. The normalized spacial score (nSPS) is 26.9. The molecule has 6 nitrogen and oxygen atoms in total. The van der Waals surface area contributed by atoms with Crippen molar-refractivity contribution in [3.05, 3.63) is 24.0 Å². The third kappa shape index (κ3) is 2.44. The smallest absolute Gasteiger partial charge is 0.270 e. The molecule has 18 heavy (non-hydrogen) atoms. The van der Waals surface area contributed by atoms with E-state index in [1.54, 1.807) is 18.3 Å². The number of rotatable bonds is 3. The number of nitrogens with zero attached hydrogens (tertiary/aromatic N) is 1. The Morgan fingerprint density at radius 2 is 2.44 bits per heavy atom. The molecule has 1 aromatic rings. The molecule has 1 saturated heterocycles. The summed E-state index contributed by atoms with van der Waals surface area (Å²) in [5.74, 6) is 5.09. The molecule has 1 aliphatic heterocycles. The Bertz CT molecular complexity index is 451. The summed E-state index contributed by atoms with van der Waals surface area (Å²) < 4.78 is 5.48. The van der Waals surface area contributed by atoms with Gasteiger partial charge in [-0.3, -0.25) is 15.6 Å². The number of hydrogen-bond donors (Lipinski definition) is 3. The van der Waals surface area contributed by atoms with Gasteiger partial charge < -0.3 is 15.5 Å². The number of amides is 1. The van der Waals surface area contributed by atoms with Gasteiger partial charge in [0.25, 0.3) is 5.91 Å². The van der Waals surface area contributed by atoms with E-state index >= 15 is 0 Å². The average Bonchev–Trinajstić information content (AvgIpc) is 2.69. The van der Waals surface area contributed by atoms with Crippen molar-refractivity contribution in [1.29, 1.82) is 0 Å². The third-order valence-electron chi connectivity index (χ3n) is 3.44. The average molecular weight is 250 g/mol. The fraction of sp³-hybridized carbons (Fsp3) is 0.500. The van der Waals surface area contributed by atoms with E-state index in [0.29, 0.717) is 18.0 Å². The van der Waals surface area contributed by atoms with Crippen LogP contribution in [0, 0.1) is 0 Å². The highest BCUT2D eigenvalue weighted by Crippen LogP contribution is 2.25. The molecule has 0 saturated carbocycles. The first-order valence-corrected chi connectivity index (χ1v) is 5.92. The summed E-state index contributed by atoms with van der Waals surface area (Å²) in [6.45, 7) is 4.60. The van der Waals surface area contributed by atoms with Crippen LogP contribution in [0.1, 0.15) is 30.8 Å². The molecule has 1 aromatic heterocycles. The molecule has 0 aromatic carbocycles.